The molecular weight excluding hydrogens is 430 g/mol. The average molecular weight is 462 g/mol. The molecule has 1 saturated carbocycles. The number of aromatic amines is 1. The van der Waals surface area contributed by atoms with Crippen molar-refractivity contribution in [3.8, 4) is 22.5 Å². The minimum absolute atomic E-state index is 0.0293. The molecule has 1 amide bonds. The van der Waals surface area contributed by atoms with Crippen molar-refractivity contribution in [1.29, 1.82) is 0 Å². The maximum atomic E-state index is 13.0. The van der Waals surface area contributed by atoms with Gasteiger partial charge in [0.25, 0.3) is 0 Å². The van der Waals surface area contributed by atoms with Gasteiger partial charge in [0.05, 0.1) is 5.41 Å². The molecule has 1 fully saturated rings. The van der Waals surface area contributed by atoms with Gasteiger partial charge in [0.2, 0.25) is 5.91 Å². The lowest BCUT2D eigenvalue weighted by Crippen LogP contribution is -2.34. The molecule has 0 unspecified atom stereocenters. The van der Waals surface area contributed by atoms with Gasteiger partial charge in [0, 0.05) is 25.1 Å². The van der Waals surface area contributed by atoms with Crippen LogP contribution in [-0.2, 0) is 16.1 Å². The number of rotatable bonds is 10. The number of carboxylic acids is 1. The number of carboxylic acid groups (broad SMARTS) is 1. The first kappa shape index (κ1) is 23.6. The highest BCUT2D eigenvalue weighted by molar-refractivity contribution is 5.81. The molecule has 0 atom stereocenters. The van der Waals surface area contributed by atoms with E-state index in [1.807, 2.05) is 60.4 Å². The summed E-state index contributed by atoms with van der Waals surface area (Å²) in [5.74, 6) is -0.112. The Balaban J connectivity index is 1.45. The first-order valence-electron chi connectivity index (χ1n) is 12.0. The van der Waals surface area contributed by atoms with Crippen molar-refractivity contribution in [3.05, 3.63) is 54.1 Å². The third-order valence-electron chi connectivity index (χ3n) is 6.84. The zero-order valence-electron chi connectivity index (χ0n) is 19.5. The Morgan fingerprint density at radius 1 is 1.06 bits per heavy atom. The Morgan fingerprint density at radius 2 is 1.76 bits per heavy atom. The van der Waals surface area contributed by atoms with E-state index in [0.29, 0.717) is 38.2 Å². The van der Waals surface area contributed by atoms with Crippen molar-refractivity contribution in [2.24, 2.45) is 5.41 Å². The molecule has 8 nitrogen and oxygen atoms in total. The molecule has 0 saturated heterocycles. The van der Waals surface area contributed by atoms with Crippen molar-refractivity contribution >= 4 is 11.9 Å². The van der Waals surface area contributed by atoms with Gasteiger partial charge in [-0.05, 0) is 52.8 Å². The number of H-pyrrole nitrogens is 1. The zero-order chi connectivity index (χ0) is 24.0. The summed E-state index contributed by atoms with van der Waals surface area (Å²) in [6.07, 6.45) is 4.78. The van der Waals surface area contributed by atoms with Gasteiger partial charge in [0.1, 0.15) is 0 Å². The lowest BCUT2D eigenvalue weighted by atomic mass is 9.81. The Kier molecular flexibility index (Phi) is 7.35. The van der Waals surface area contributed by atoms with E-state index in [1.54, 1.807) is 0 Å². The Morgan fingerprint density at radius 3 is 2.38 bits per heavy atom. The number of nitrogens with zero attached hydrogens (tertiary/aromatic N) is 4. The third-order valence-corrected chi connectivity index (χ3v) is 6.84. The van der Waals surface area contributed by atoms with Gasteiger partial charge in [-0.3, -0.25) is 9.59 Å². The number of carbonyl (C=O) groups is 2. The number of amides is 1. The minimum Gasteiger partial charge on any atom is -0.481 e. The smallest absolute Gasteiger partial charge is 0.309 e. The number of hydrogen-bond donors (Lipinski definition) is 2. The SMILES string of the molecule is CCCN(Cc1ccc(-c2ccccc2-c2nnn[nH]2)cc1)C(=O)CCC1(C(=O)O)CCCC1. The molecule has 34 heavy (non-hydrogen) atoms. The van der Waals surface area contributed by atoms with E-state index in [0.717, 1.165) is 41.5 Å². The van der Waals surface area contributed by atoms with Crippen molar-refractivity contribution in [1.82, 2.24) is 25.5 Å². The molecule has 2 N–H and O–H groups in total. The van der Waals surface area contributed by atoms with Crippen LogP contribution < -0.4 is 0 Å². The second-order valence-corrected chi connectivity index (χ2v) is 9.10. The molecule has 1 aromatic heterocycles. The van der Waals surface area contributed by atoms with Crippen LogP contribution >= 0.6 is 0 Å². The lowest BCUT2D eigenvalue weighted by molar-refractivity contribution is -0.149. The van der Waals surface area contributed by atoms with Gasteiger partial charge < -0.3 is 10.0 Å². The van der Waals surface area contributed by atoms with Gasteiger partial charge in [-0.1, -0.05) is 68.3 Å². The predicted molar refractivity (Wildman–Crippen MR) is 129 cm³/mol. The first-order chi connectivity index (χ1) is 16.5. The van der Waals surface area contributed by atoms with Crippen molar-refractivity contribution < 1.29 is 14.7 Å². The fourth-order valence-corrected chi connectivity index (χ4v) is 4.91. The molecule has 0 spiro atoms. The van der Waals surface area contributed by atoms with Crippen LogP contribution in [0.5, 0.6) is 0 Å². The average Bonchev–Trinajstić information content (AvgIpc) is 3.56. The molecule has 1 aliphatic rings. The summed E-state index contributed by atoms with van der Waals surface area (Å²) in [5, 5.41) is 23.9. The number of carbonyl (C=O) groups excluding carboxylic acids is 1. The fraction of sp³-hybridized carbons (Fsp3) is 0.423. The first-order valence-corrected chi connectivity index (χ1v) is 12.0. The van der Waals surface area contributed by atoms with Crippen molar-refractivity contribution in [2.75, 3.05) is 6.54 Å². The third kappa shape index (κ3) is 5.16. The molecule has 2 aromatic carbocycles. The molecule has 1 aliphatic carbocycles. The number of nitrogens with one attached hydrogen (secondary N) is 1. The van der Waals surface area contributed by atoms with E-state index in [4.69, 9.17) is 0 Å². The maximum Gasteiger partial charge on any atom is 0.309 e. The molecule has 1 heterocycles. The predicted octanol–water partition coefficient (Wildman–Crippen LogP) is 4.70. The molecule has 178 valence electrons. The van der Waals surface area contributed by atoms with E-state index in [-0.39, 0.29) is 12.3 Å². The normalized spacial score (nSPS) is 14.7. The number of aromatic nitrogens is 4. The molecule has 0 aliphatic heterocycles. The summed E-state index contributed by atoms with van der Waals surface area (Å²) >= 11 is 0. The van der Waals surface area contributed by atoms with E-state index >= 15 is 0 Å². The Hall–Kier alpha value is -3.55. The fourth-order valence-electron chi connectivity index (χ4n) is 4.91. The van der Waals surface area contributed by atoms with Crippen LogP contribution in [0.3, 0.4) is 0 Å². The summed E-state index contributed by atoms with van der Waals surface area (Å²) in [6, 6.07) is 16.1. The van der Waals surface area contributed by atoms with Crippen LogP contribution in [0, 0.1) is 5.41 Å². The quantitative estimate of drug-likeness (QED) is 0.453. The summed E-state index contributed by atoms with van der Waals surface area (Å²) in [4.78, 5) is 26.7. The maximum absolute atomic E-state index is 13.0. The summed E-state index contributed by atoms with van der Waals surface area (Å²) in [7, 11) is 0. The second-order valence-electron chi connectivity index (χ2n) is 9.10. The highest BCUT2D eigenvalue weighted by Crippen LogP contribution is 2.42. The number of hydrogen-bond acceptors (Lipinski definition) is 5. The molecule has 8 heteroatoms. The monoisotopic (exact) mass is 461 g/mol. The van der Waals surface area contributed by atoms with Gasteiger partial charge in [-0.2, -0.15) is 0 Å². The topological polar surface area (TPSA) is 112 Å². The summed E-state index contributed by atoms with van der Waals surface area (Å²) in [5.41, 5.74) is 3.29. The van der Waals surface area contributed by atoms with Crippen LogP contribution in [0.25, 0.3) is 22.5 Å². The van der Waals surface area contributed by atoms with E-state index in [9.17, 15) is 14.7 Å². The number of aliphatic carboxylic acids is 1. The number of benzene rings is 2. The molecule has 0 radical (unpaired) electrons. The van der Waals surface area contributed by atoms with Gasteiger partial charge in [0.15, 0.2) is 5.82 Å². The summed E-state index contributed by atoms with van der Waals surface area (Å²) < 4.78 is 0. The van der Waals surface area contributed by atoms with Crippen LogP contribution in [0.2, 0.25) is 0 Å². The van der Waals surface area contributed by atoms with Crippen LogP contribution in [-0.4, -0.2) is 49.1 Å². The van der Waals surface area contributed by atoms with Crippen LogP contribution in [0.1, 0.15) is 57.4 Å². The van der Waals surface area contributed by atoms with E-state index in [1.165, 1.54) is 0 Å². The standard InChI is InChI=1S/C26H31N5O3/c1-2-17-31(23(32)13-16-26(25(33)34)14-5-6-15-26)18-19-9-11-20(12-10-19)21-7-3-4-8-22(21)24-27-29-30-28-24/h3-4,7-12H,2,5-6,13-18H2,1H3,(H,33,34)(H,27,28,29,30). The Labute approximate surface area is 199 Å². The van der Waals surface area contributed by atoms with Gasteiger partial charge in [-0.25, -0.2) is 5.10 Å². The molecule has 3 aromatic rings. The highest BCUT2D eigenvalue weighted by atomic mass is 16.4. The zero-order valence-corrected chi connectivity index (χ0v) is 19.5. The molecule has 0 bridgehead atoms. The summed E-state index contributed by atoms with van der Waals surface area (Å²) in [6.45, 7) is 3.22. The lowest BCUT2D eigenvalue weighted by Gasteiger charge is -2.27. The second kappa shape index (κ2) is 10.6. The molecule has 4 rings (SSSR count). The minimum atomic E-state index is -0.753. The molecular formula is C26H31N5O3. The number of tetrazole rings is 1. The highest BCUT2D eigenvalue weighted by Gasteiger charge is 2.41. The van der Waals surface area contributed by atoms with Gasteiger partial charge >= 0.3 is 5.97 Å². The van der Waals surface area contributed by atoms with E-state index in [2.05, 4.69) is 20.6 Å². The Bertz CT molecular complexity index is 1110. The van der Waals surface area contributed by atoms with Crippen molar-refractivity contribution in [2.45, 2.75) is 58.4 Å². The van der Waals surface area contributed by atoms with Crippen LogP contribution in [0.4, 0.5) is 0 Å². The van der Waals surface area contributed by atoms with Crippen LogP contribution in [0.15, 0.2) is 48.5 Å². The van der Waals surface area contributed by atoms with Crippen molar-refractivity contribution in [3.63, 3.8) is 0 Å². The largest absolute Gasteiger partial charge is 0.481 e. The van der Waals surface area contributed by atoms with Gasteiger partial charge in [-0.15, -0.1) is 5.10 Å². The van der Waals surface area contributed by atoms with E-state index < -0.39 is 11.4 Å².